The van der Waals surface area contributed by atoms with Crippen molar-refractivity contribution < 1.29 is 24.3 Å². The fourth-order valence-electron chi connectivity index (χ4n) is 3.66. The molecule has 0 aliphatic carbocycles. The van der Waals surface area contributed by atoms with Crippen LogP contribution in [0, 0.1) is 0 Å². The van der Waals surface area contributed by atoms with Gasteiger partial charge in [0.25, 0.3) is 0 Å². The highest BCUT2D eigenvalue weighted by atomic mass is 79.9. The lowest BCUT2D eigenvalue weighted by Crippen LogP contribution is -2.87. The monoisotopic (exact) mass is 420 g/mol. The fourth-order valence-corrected chi connectivity index (χ4v) is 4.23. The molecule has 0 bridgehead atoms. The first kappa shape index (κ1) is 17.5. The number of halogens is 1. The first-order valence-corrected chi connectivity index (χ1v) is 9.85. The van der Waals surface area contributed by atoms with Gasteiger partial charge in [-0.1, -0.05) is 15.9 Å². The Morgan fingerprint density at radius 1 is 1.00 bits per heavy atom. The average molecular weight is 421 g/mol. The molecule has 4 rings (SSSR count). The van der Waals surface area contributed by atoms with Crippen molar-refractivity contribution in [2.45, 2.75) is 26.3 Å². The molecule has 0 aromatic heterocycles. The SMILES string of the molecule is CCOc1cc2c(cc1OCC)[C@@H](c1cc3c(cc1Br)OCO3)[NH2+]CC2. The highest BCUT2D eigenvalue weighted by Gasteiger charge is 2.30. The van der Waals surface area contributed by atoms with Crippen LogP contribution < -0.4 is 24.3 Å². The molecule has 1 atom stereocenters. The Labute approximate surface area is 161 Å². The lowest BCUT2D eigenvalue weighted by molar-refractivity contribution is -0.690. The van der Waals surface area contributed by atoms with Crippen molar-refractivity contribution in [3.05, 3.63) is 45.4 Å². The summed E-state index contributed by atoms with van der Waals surface area (Å²) in [6.45, 7) is 6.53. The van der Waals surface area contributed by atoms with E-state index in [0.717, 1.165) is 40.4 Å². The van der Waals surface area contributed by atoms with Gasteiger partial charge in [-0.05, 0) is 43.7 Å². The summed E-state index contributed by atoms with van der Waals surface area (Å²) in [5.41, 5.74) is 3.76. The van der Waals surface area contributed by atoms with Crippen LogP contribution in [0.4, 0.5) is 0 Å². The second-order valence-electron chi connectivity index (χ2n) is 6.34. The Hall–Kier alpha value is -1.92. The van der Waals surface area contributed by atoms with Gasteiger partial charge in [-0.25, -0.2) is 0 Å². The van der Waals surface area contributed by atoms with Crippen LogP contribution in [-0.4, -0.2) is 26.6 Å². The van der Waals surface area contributed by atoms with Crippen LogP contribution in [0.15, 0.2) is 28.7 Å². The van der Waals surface area contributed by atoms with Crippen LogP contribution >= 0.6 is 15.9 Å². The lowest BCUT2D eigenvalue weighted by Gasteiger charge is -2.26. The minimum absolute atomic E-state index is 0.178. The molecule has 0 fully saturated rings. The van der Waals surface area contributed by atoms with Crippen molar-refractivity contribution >= 4 is 15.9 Å². The highest BCUT2D eigenvalue weighted by Crippen LogP contribution is 2.42. The lowest BCUT2D eigenvalue weighted by atomic mass is 9.89. The largest absolute Gasteiger partial charge is 0.490 e. The normalized spacial score (nSPS) is 17.7. The molecular weight excluding hydrogens is 398 g/mol. The summed E-state index contributed by atoms with van der Waals surface area (Å²) in [5, 5.41) is 2.36. The number of ether oxygens (including phenoxy) is 4. The Balaban J connectivity index is 1.78. The molecule has 2 aromatic rings. The number of hydrogen-bond acceptors (Lipinski definition) is 4. The molecule has 0 spiro atoms. The van der Waals surface area contributed by atoms with E-state index in [1.165, 1.54) is 16.7 Å². The summed E-state index contributed by atoms with van der Waals surface area (Å²) in [5.74, 6) is 3.24. The fraction of sp³-hybridized carbons (Fsp3) is 0.400. The maximum Gasteiger partial charge on any atom is 0.231 e. The summed E-state index contributed by atoms with van der Waals surface area (Å²) in [4.78, 5) is 0. The minimum atomic E-state index is 0.178. The van der Waals surface area contributed by atoms with Crippen LogP contribution in [-0.2, 0) is 6.42 Å². The molecule has 2 heterocycles. The van der Waals surface area contributed by atoms with E-state index in [1.807, 2.05) is 19.9 Å². The van der Waals surface area contributed by atoms with E-state index in [1.54, 1.807) is 0 Å². The van der Waals surface area contributed by atoms with Gasteiger partial charge in [-0.3, -0.25) is 0 Å². The minimum Gasteiger partial charge on any atom is -0.490 e. The van der Waals surface area contributed by atoms with Crippen molar-refractivity contribution in [1.29, 1.82) is 0 Å². The Kier molecular flexibility index (Phi) is 4.96. The predicted molar refractivity (Wildman–Crippen MR) is 101 cm³/mol. The topological polar surface area (TPSA) is 53.5 Å². The molecule has 6 heteroatoms. The summed E-state index contributed by atoms with van der Waals surface area (Å²) >= 11 is 3.71. The molecule has 0 unspecified atom stereocenters. The quantitative estimate of drug-likeness (QED) is 0.806. The van der Waals surface area contributed by atoms with Gasteiger partial charge in [-0.15, -0.1) is 0 Å². The van der Waals surface area contributed by atoms with Crippen LogP contribution in [0.1, 0.15) is 36.6 Å². The maximum atomic E-state index is 5.85. The van der Waals surface area contributed by atoms with E-state index in [9.17, 15) is 0 Å². The molecule has 0 radical (unpaired) electrons. The molecule has 5 nitrogen and oxygen atoms in total. The first-order valence-electron chi connectivity index (χ1n) is 9.06. The Bertz CT molecular complexity index is 824. The molecule has 2 aliphatic rings. The number of benzene rings is 2. The Morgan fingerprint density at radius 3 is 2.42 bits per heavy atom. The van der Waals surface area contributed by atoms with Crippen LogP contribution in [0.2, 0.25) is 0 Å². The van der Waals surface area contributed by atoms with E-state index in [0.29, 0.717) is 13.2 Å². The summed E-state index contributed by atoms with van der Waals surface area (Å²) < 4.78 is 23.7. The molecule has 26 heavy (non-hydrogen) atoms. The number of hydrogen-bond donors (Lipinski definition) is 1. The van der Waals surface area contributed by atoms with Crippen LogP contribution in [0.3, 0.4) is 0 Å². The van der Waals surface area contributed by atoms with Gasteiger partial charge in [0.15, 0.2) is 23.0 Å². The van der Waals surface area contributed by atoms with Crippen LogP contribution in [0.5, 0.6) is 23.0 Å². The van der Waals surface area contributed by atoms with Crippen molar-refractivity contribution in [3.8, 4) is 23.0 Å². The van der Waals surface area contributed by atoms with Crippen LogP contribution in [0.25, 0.3) is 0 Å². The predicted octanol–water partition coefficient (Wildman–Crippen LogP) is 3.18. The highest BCUT2D eigenvalue weighted by molar-refractivity contribution is 9.10. The maximum absolute atomic E-state index is 5.85. The second kappa shape index (κ2) is 7.37. The van der Waals surface area contributed by atoms with E-state index in [-0.39, 0.29) is 12.8 Å². The molecule has 0 amide bonds. The first-order chi connectivity index (χ1) is 12.7. The summed E-state index contributed by atoms with van der Waals surface area (Å²) in [6.07, 6.45) is 1.01. The number of quaternary nitrogens is 1. The smallest absolute Gasteiger partial charge is 0.231 e. The van der Waals surface area contributed by atoms with Gasteiger partial charge < -0.3 is 24.3 Å². The standard InChI is InChI=1S/C20H22BrNO4/c1-3-23-16-7-12-5-6-22-20(13(12)8-17(16)24-4-2)14-9-18-19(10-15(14)21)26-11-25-18/h7-10,20,22H,3-6,11H2,1-2H3/p+1/t20-/m0/s1. The third-order valence-electron chi connectivity index (χ3n) is 4.78. The molecule has 2 aromatic carbocycles. The molecular formula is C20H23BrNO4+. The summed E-state index contributed by atoms with van der Waals surface area (Å²) in [6, 6.07) is 8.54. The Morgan fingerprint density at radius 2 is 1.69 bits per heavy atom. The van der Waals surface area contributed by atoms with Gasteiger partial charge in [0.1, 0.15) is 6.04 Å². The van der Waals surface area contributed by atoms with Gasteiger partial charge in [0, 0.05) is 22.0 Å². The molecule has 0 saturated heterocycles. The number of fused-ring (bicyclic) bond motifs is 2. The van der Waals surface area contributed by atoms with Crippen molar-refractivity contribution in [2.24, 2.45) is 0 Å². The van der Waals surface area contributed by atoms with Crippen molar-refractivity contribution in [3.63, 3.8) is 0 Å². The van der Waals surface area contributed by atoms with E-state index in [4.69, 9.17) is 18.9 Å². The zero-order chi connectivity index (χ0) is 18.1. The molecule has 2 aliphatic heterocycles. The molecule has 0 saturated carbocycles. The molecule has 2 N–H and O–H groups in total. The molecule has 138 valence electrons. The number of nitrogens with two attached hydrogens (primary N) is 1. The zero-order valence-corrected chi connectivity index (χ0v) is 16.6. The van der Waals surface area contributed by atoms with Gasteiger partial charge in [-0.2, -0.15) is 0 Å². The van der Waals surface area contributed by atoms with Gasteiger partial charge in [0.05, 0.1) is 19.8 Å². The average Bonchev–Trinajstić information content (AvgIpc) is 3.09. The third kappa shape index (κ3) is 3.12. The second-order valence-corrected chi connectivity index (χ2v) is 7.20. The van der Waals surface area contributed by atoms with E-state index < -0.39 is 0 Å². The van der Waals surface area contributed by atoms with E-state index in [2.05, 4.69) is 39.4 Å². The summed E-state index contributed by atoms with van der Waals surface area (Å²) in [7, 11) is 0. The van der Waals surface area contributed by atoms with Gasteiger partial charge in [0.2, 0.25) is 6.79 Å². The van der Waals surface area contributed by atoms with Crippen molar-refractivity contribution in [1.82, 2.24) is 0 Å². The van der Waals surface area contributed by atoms with Crippen molar-refractivity contribution in [2.75, 3.05) is 26.6 Å². The van der Waals surface area contributed by atoms with Gasteiger partial charge >= 0.3 is 0 Å². The third-order valence-corrected chi connectivity index (χ3v) is 5.47. The van der Waals surface area contributed by atoms with E-state index >= 15 is 0 Å². The number of rotatable bonds is 5. The zero-order valence-electron chi connectivity index (χ0n) is 15.0.